The van der Waals surface area contributed by atoms with Crippen LogP contribution >= 0.6 is 0 Å². The summed E-state index contributed by atoms with van der Waals surface area (Å²) in [4.78, 5) is 4.81. The summed E-state index contributed by atoms with van der Waals surface area (Å²) < 4.78 is 35.2. The summed E-state index contributed by atoms with van der Waals surface area (Å²) in [5, 5.41) is 13.9. The topological polar surface area (TPSA) is 89.8 Å². The molecule has 0 saturated heterocycles. The van der Waals surface area contributed by atoms with E-state index in [1.165, 1.54) is 12.1 Å². The Hall–Kier alpha value is -3.45. The van der Waals surface area contributed by atoms with Crippen LogP contribution in [0.4, 0.5) is 8.78 Å². The van der Waals surface area contributed by atoms with Crippen LogP contribution in [0.25, 0.3) is 22.2 Å². The maximum absolute atomic E-state index is 13.8. The lowest BCUT2D eigenvalue weighted by Gasteiger charge is -2.18. The number of pyridine rings is 1. The SMILES string of the molecule is C[Si](C)(C)CCOCn1ncc2nc(C(N)Cc3cc(F)cc(F)c3)c(-c3cccc(C#N)c3)cc21. The molecule has 0 aliphatic rings. The second-order valence-electron chi connectivity index (χ2n) is 10.1. The smallest absolute Gasteiger partial charge is 0.140 e. The zero-order chi connectivity index (χ0) is 25.9. The van der Waals surface area contributed by atoms with Gasteiger partial charge in [-0.1, -0.05) is 31.8 Å². The Kier molecular flexibility index (Phi) is 7.59. The molecule has 9 heteroatoms. The van der Waals surface area contributed by atoms with Gasteiger partial charge in [0.1, 0.15) is 23.9 Å². The fourth-order valence-electron chi connectivity index (χ4n) is 4.00. The van der Waals surface area contributed by atoms with Crippen molar-refractivity contribution in [2.24, 2.45) is 5.73 Å². The second-order valence-corrected chi connectivity index (χ2v) is 15.7. The highest BCUT2D eigenvalue weighted by molar-refractivity contribution is 6.76. The highest BCUT2D eigenvalue weighted by Gasteiger charge is 2.20. The van der Waals surface area contributed by atoms with Crippen molar-refractivity contribution >= 4 is 19.1 Å². The van der Waals surface area contributed by atoms with E-state index in [0.29, 0.717) is 35.7 Å². The molecule has 4 rings (SSSR count). The zero-order valence-electron chi connectivity index (χ0n) is 20.6. The van der Waals surface area contributed by atoms with Crippen LogP contribution in [0.1, 0.15) is 22.9 Å². The Morgan fingerprint density at radius 3 is 2.56 bits per heavy atom. The first-order valence-electron chi connectivity index (χ1n) is 11.8. The summed E-state index contributed by atoms with van der Waals surface area (Å²) in [5.74, 6) is -1.31. The van der Waals surface area contributed by atoms with Crippen molar-refractivity contribution in [3.63, 3.8) is 0 Å². The molecule has 0 bridgehead atoms. The number of benzene rings is 2. The monoisotopic (exact) mass is 505 g/mol. The molecule has 1 unspecified atom stereocenters. The Morgan fingerprint density at radius 2 is 1.86 bits per heavy atom. The zero-order valence-corrected chi connectivity index (χ0v) is 21.6. The van der Waals surface area contributed by atoms with Crippen LogP contribution in [0.2, 0.25) is 25.7 Å². The number of aromatic nitrogens is 3. The van der Waals surface area contributed by atoms with E-state index in [-0.39, 0.29) is 6.42 Å². The Morgan fingerprint density at radius 1 is 1.11 bits per heavy atom. The van der Waals surface area contributed by atoms with Crippen LogP contribution < -0.4 is 5.73 Å². The Bertz CT molecular complexity index is 1400. The molecule has 2 aromatic carbocycles. The van der Waals surface area contributed by atoms with Crippen LogP contribution in [-0.4, -0.2) is 29.4 Å². The van der Waals surface area contributed by atoms with E-state index in [4.69, 9.17) is 15.5 Å². The molecule has 6 nitrogen and oxygen atoms in total. The van der Waals surface area contributed by atoms with E-state index in [1.807, 2.05) is 12.1 Å². The molecule has 0 radical (unpaired) electrons. The summed E-state index contributed by atoms with van der Waals surface area (Å²) in [6.07, 6.45) is 1.84. The summed E-state index contributed by atoms with van der Waals surface area (Å²) in [5.41, 5.74) is 11.0. The van der Waals surface area contributed by atoms with Gasteiger partial charge in [0.2, 0.25) is 0 Å². The molecule has 0 fully saturated rings. The second kappa shape index (κ2) is 10.7. The minimum Gasteiger partial charge on any atom is -0.360 e. The van der Waals surface area contributed by atoms with Gasteiger partial charge in [-0.2, -0.15) is 10.4 Å². The van der Waals surface area contributed by atoms with Crippen molar-refractivity contribution < 1.29 is 13.5 Å². The van der Waals surface area contributed by atoms with E-state index in [2.05, 4.69) is 30.8 Å². The number of nitriles is 1. The number of nitrogens with two attached hydrogens (primary N) is 1. The minimum atomic E-state index is -1.21. The van der Waals surface area contributed by atoms with Gasteiger partial charge in [0.15, 0.2) is 0 Å². The fourth-order valence-corrected chi connectivity index (χ4v) is 4.76. The highest BCUT2D eigenvalue weighted by Crippen LogP contribution is 2.32. The third kappa shape index (κ3) is 6.21. The molecule has 0 amide bonds. The van der Waals surface area contributed by atoms with Gasteiger partial charge in [-0.25, -0.2) is 18.4 Å². The lowest BCUT2D eigenvalue weighted by Crippen LogP contribution is -2.22. The summed E-state index contributed by atoms with van der Waals surface area (Å²) >= 11 is 0. The first-order valence-corrected chi connectivity index (χ1v) is 15.5. The molecule has 2 N–H and O–H groups in total. The van der Waals surface area contributed by atoms with Crippen LogP contribution in [0.3, 0.4) is 0 Å². The molecular formula is C27H29F2N5OSi. The number of fused-ring (bicyclic) bond motifs is 1. The van der Waals surface area contributed by atoms with Crippen molar-refractivity contribution in [2.45, 2.75) is 44.9 Å². The molecule has 0 aliphatic carbocycles. The Balaban J connectivity index is 1.72. The standard InChI is InChI=1S/C27H29F2N5OSi/c1-36(2,3)8-7-35-17-34-26-14-23(20-6-4-5-18(9-20)15-30)27(33-25(26)16-32-34)24(31)12-19-10-21(28)13-22(29)11-19/h4-6,9-11,13-14,16,24H,7-8,12,17,31H2,1-3H3. The number of rotatable bonds is 9. The maximum atomic E-state index is 13.8. The van der Waals surface area contributed by atoms with Crippen molar-refractivity contribution in [1.82, 2.24) is 14.8 Å². The van der Waals surface area contributed by atoms with Gasteiger partial charge < -0.3 is 10.5 Å². The first kappa shape index (κ1) is 25.6. The summed E-state index contributed by atoms with van der Waals surface area (Å²) in [7, 11) is -1.21. The molecule has 2 heterocycles. The van der Waals surface area contributed by atoms with Gasteiger partial charge >= 0.3 is 0 Å². The summed E-state index contributed by atoms with van der Waals surface area (Å²) in [6.45, 7) is 7.85. The lowest BCUT2D eigenvalue weighted by molar-refractivity contribution is 0.0817. The third-order valence-electron chi connectivity index (χ3n) is 5.90. The number of ether oxygens (including phenoxy) is 1. The molecule has 0 saturated carbocycles. The molecule has 1 atom stereocenters. The van der Waals surface area contributed by atoms with E-state index in [1.54, 1.807) is 29.1 Å². The van der Waals surface area contributed by atoms with Gasteiger partial charge in [0.25, 0.3) is 0 Å². The molecule has 0 aliphatic heterocycles. The van der Waals surface area contributed by atoms with E-state index >= 15 is 0 Å². The van der Waals surface area contributed by atoms with Crippen molar-refractivity contribution in [1.29, 1.82) is 5.26 Å². The lowest BCUT2D eigenvalue weighted by atomic mass is 9.95. The molecule has 4 aromatic rings. The quantitative estimate of drug-likeness (QED) is 0.229. The number of nitrogens with zero attached hydrogens (tertiary/aromatic N) is 4. The first-order chi connectivity index (χ1) is 17.1. The van der Waals surface area contributed by atoms with Gasteiger partial charge in [0.05, 0.1) is 35.1 Å². The van der Waals surface area contributed by atoms with Crippen LogP contribution in [0, 0.1) is 23.0 Å². The Labute approximate surface area is 210 Å². The summed E-state index contributed by atoms with van der Waals surface area (Å²) in [6, 6.07) is 15.1. The van der Waals surface area contributed by atoms with Gasteiger partial charge in [-0.3, -0.25) is 0 Å². The average Bonchev–Trinajstić information content (AvgIpc) is 3.21. The number of hydrogen-bond donors (Lipinski definition) is 1. The van der Waals surface area contributed by atoms with Crippen molar-refractivity contribution in [2.75, 3.05) is 6.61 Å². The number of halogens is 2. The van der Waals surface area contributed by atoms with E-state index in [9.17, 15) is 14.0 Å². The molecule has 2 aromatic heterocycles. The largest absolute Gasteiger partial charge is 0.360 e. The molecular weight excluding hydrogens is 476 g/mol. The van der Waals surface area contributed by atoms with E-state index < -0.39 is 25.8 Å². The van der Waals surface area contributed by atoms with Crippen LogP contribution in [0.15, 0.2) is 54.7 Å². The highest BCUT2D eigenvalue weighted by atomic mass is 28.3. The average molecular weight is 506 g/mol. The van der Waals surface area contributed by atoms with Crippen LogP contribution in [0.5, 0.6) is 0 Å². The van der Waals surface area contributed by atoms with Gasteiger partial charge in [0, 0.05) is 26.3 Å². The fraction of sp³-hybridized carbons (Fsp3) is 0.296. The van der Waals surface area contributed by atoms with Crippen molar-refractivity contribution in [3.8, 4) is 17.2 Å². The minimum absolute atomic E-state index is 0.187. The van der Waals surface area contributed by atoms with Gasteiger partial charge in [-0.05, 0) is 53.9 Å². The number of hydrogen-bond acceptors (Lipinski definition) is 5. The molecule has 186 valence electrons. The predicted octanol–water partition coefficient (Wildman–Crippen LogP) is 5.80. The van der Waals surface area contributed by atoms with Crippen molar-refractivity contribution in [3.05, 3.63) is 83.2 Å². The maximum Gasteiger partial charge on any atom is 0.140 e. The molecule has 0 spiro atoms. The van der Waals surface area contributed by atoms with E-state index in [0.717, 1.165) is 28.8 Å². The van der Waals surface area contributed by atoms with Gasteiger partial charge in [-0.15, -0.1) is 0 Å². The third-order valence-corrected chi connectivity index (χ3v) is 7.60. The molecule has 36 heavy (non-hydrogen) atoms. The normalized spacial score (nSPS) is 12.6. The van der Waals surface area contributed by atoms with Crippen LogP contribution in [-0.2, 0) is 17.9 Å². The predicted molar refractivity (Wildman–Crippen MR) is 139 cm³/mol.